The van der Waals surface area contributed by atoms with Gasteiger partial charge in [-0.2, -0.15) is 0 Å². The molecule has 6 atom stereocenters. The second kappa shape index (κ2) is 35.6. The van der Waals surface area contributed by atoms with Crippen LogP contribution in [0.25, 0.3) is 0 Å². The monoisotopic (exact) mass is 876 g/mol. The zero-order chi connectivity index (χ0) is 45.2. The summed E-state index contributed by atoms with van der Waals surface area (Å²) < 4.78 is 17.5. The van der Waals surface area contributed by atoms with Crippen LogP contribution >= 0.6 is 0 Å². The summed E-state index contributed by atoms with van der Waals surface area (Å²) in [5.74, 6) is -0.887. The van der Waals surface area contributed by atoms with Gasteiger partial charge in [0.2, 0.25) is 5.91 Å². The zero-order valence-corrected chi connectivity index (χ0v) is 39.2. The third-order valence-electron chi connectivity index (χ3n) is 12.2. The highest BCUT2D eigenvalue weighted by molar-refractivity contribution is 5.95. The summed E-state index contributed by atoms with van der Waals surface area (Å²) in [6.07, 6.45) is 25.0. The van der Waals surface area contributed by atoms with Crippen molar-refractivity contribution in [2.75, 3.05) is 19.8 Å². The maximum absolute atomic E-state index is 14.0. The lowest BCUT2D eigenvalue weighted by atomic mass is 9.93. The summed E-state index contributed by atoms with van der Waals surface area (Å²) in [6.45, 7) is 5.33. The van der Waals surface area contributed by atoms with E-state index in [0.717, 1.165) is 44.9 Å². The summed E-state index contributed by atoms with van der Waals surface area (Å²) in [4.78, 5) is 43.5. The van der Waals surface area contributed by atoms with Crippen molar-refractivity contribution in [1.82, 2.24) is 9.80 Å². The number of unbranched alkanes of at least 4 members (excludes halogenated alkanes) is 26. The Kier molecular flexibility index (Phi) is 31.8. The number of carbonyl (C=O) groups excluding carboxylic acids is 3. The summed E-state index contributed by atoms with van der Waals surface area (Å²) in [5.41, 5.74) is 6.70. The Morgan fingerprint density at radius 2 is 1.06 bits per heavy atom. The molecule has 5 N–H and O–H groups in total. The van der Waals surface area contributed by atoms with Gasteiger partial charge in [-0.3, -0.25) is 9.69 Å². The van der Waals surface area contributed by atoms with Crippen LogP contribution in [0.3, 0.4) is 0 Å². The van der Waals surface area contributed by atoms with Crippen LogP contribution in [0.2, 0.25) is 0 Å². The summed E-state index contributed by atoms with van der Waals surface area (Å²) in [6, 6.07) is 6.09. The van der Waals surface area contributed by atoms with Crippen LogP contribution in [-0.2, 0) is 25.6 Å². The maximum Gasteiger partial charge on any atom is 0.417 e. The molecule has 0 aromatic heterocycles. The van der Waals surface area contributed by atoms with E-state index in [2.05, 4.69) is 13.8 Å². The van der Waals surface area contributed by atoms with Crippen LogP contribution < -0.4 is 5.73 Å². The lowest BCUT2D eigenvalue weighted by Gasteiger charge is -2.49. The van der Waals surface area contributed by atoms with E-state index >= 15 is 0 Å². The van der Waals surface area contributed by atoms with Crippen molar-refractivity contribution in [3.8, 4) is 0 Å². The molecule has 12 nitrogen and oxygen atoms in total. The average Bonchev–Trinajstić information content (AvgIpc) is 3.27. The van der Waals surface area contributed by atoms with E-state index in [0.29, 0.717) is 23.3 Å². The van der Waals surface area contributed by atoms with Crippen molar-refractivity contribution in [3.05, 3.63) is 35.9 Å². The molecule has 0 spiro atoms. The first-order valence-corrected chi connectivity index (χ1v) is 25.0. The molecule has 0 saturated carbocycles. The predicted octanol–water partition coefficient (Wildman–Crippen LogP) is 10.7. The van der Waals surface area contributed by atoms with Gasteiger partial charge in [-0.25, -0.2) is 14.5 Å². The summed E-state index contributed by atoms with van der Waals surface area (Å²) >= 11 is 0. The molecule has 1 aliphatic rings. The van der Waals surface area contributed by atoms with Crippen LogP contribution in [0.1, 0.15) is 206 Å². The highest BCUT2D eigenvalue weighted by atomic mass is 16.6. The largest absolute Gasteiger partial charge is 0.449 e. The van der Waals surface area contributed by atoms with Crippen LogP contribution in [-0.4, -0.2) is 99.6 Å². The number of carbonyl (C=O) groups is 3. The Bertz CT molecular complexity index is 1270. The van der Waals surface area contributed by atoms with Crippen molar-refractivity contribution in [3.63, 3.8) is 0 Å². The molecule has 0 bridgehead atoms. The van der Waals surface area contributed by atoms with Gasteiger partial charge in [-0.1, -0.05) is 211 Å². The molecule has 0 unspecified atom stereocenters. The van der Waals surface area contributed by atoms with Crippen LogP contribution in [0.15, 0.2) is 30.3 Å². The van der Waals surface area contributed by atoms with E-state index in [1.165, 1.54) is 134 Å². The van der Waals surface area contributed by atoms with Crippen LogP contribution in [0, 0.1) is 0 Å². The normalized spacial score (nSPS) is 19.2. The second-order valence-corrected chi connectivity index (χ2v) is 17.8. The molecule has 2 rings (SSSR count). The average molecular weight is 876 g/mol. The first-order valence-electron chi connectivity index (χ1n) is 25.0. The number of hydrogen-bond donors (Lipinski definition) is 4. The quantitative estimate of drug-likeness (QED) is 0.0476. The van der Waals surface area contributed by atoms with E-state index in [-0.39, 0.29) is 19.8 Å². The summed E-state index contributed by atoms with van der Waals surface area (Å²) in [5, 5.41) is 32.9. The number of rotatable bonds is 36. The molecule has 1 aromatic rings. The molecule has 1 fully saturated rings. The van der Waals surface area contributed by atoms with E-state index < -0.39 is 61.3 Å². The van der Waals surface area contributed by atoms with Gasteiger partial charge in [0.25, 0.3) is 0 Å². The van der Waals surface area contributed by atoms with Gasteiger partial charge in [0.15, 0.2) is 6.23 Å². The molecule has 1 saturated heterocycles. The lowest BCUT2D eigenvalue weighted by molar-refractivity contribution is -0.241. The van der Waals surface area contributed by atoms with Crippen LogP contribution in [0.5, 0.6) is 0 Å². The van der Waals surface area contributed by atoms with Gasteiger partial charge < -0.3 is 35.3 Å². The third kappa shape index (κ3) is 22.7. The molecule has 12 heteroatoms. The fourth-order valence-electron chi connectivity index (χ4n) is 8.32. The SMILES string of the molecule is CCCCCCCCCCCCCCCCCCOC(=O)N(CCCCCCCCCCCCCC)[C@@H]1O[C@H](CO)[C@@H](O)[C@H](O)[C@H]1N(C(=O)OCc1ccccc1)C(=O)[C@H](C)N. The molecular weight excluding hydrogens is 787 g/mol. The van der Waals surface area contributed by atoms with E-state index in [9.17, 15) is 29.7 Å². The number of nitrogens with zero attached hydrogens (tertiary/aromatic N) is 2. The van der Waals surface area contributed by atoms with Gasteiger partial charge in [0.05, 0.1) is 19.3 Å². The first kappa shape index (κ1) is 55.4. The Morgan fingerprint density at radius 1 is 0.629 bits per heavy atom. The Morgan fingerprint density at radius 3 is 1.50 bits per heavy atom. The highest BCUT2D eigenvalue weighted by Crippen LogP contribution is 2.30. The smallest absolute Gasteiger partial charge is 0.417 e. The topological polar surface area (TPSA) is 172 Å². The summed E-state index contributed by atoms with van der Waals surface area (Å²) in [7, 11) is 0. The highest BCUT2D eigenvalue weighted by Gasteiger charge is 2.54. The van der Waals surface area contributed by atoms with Gasteiger partial charge in [0, 0.05) is 6.54 Å². The Hall–Kier alpha value is -2.77. The third-order valence-corrected chi connectivity index (χ3v) is 12.2. The number of nitrogens with two attached hydrogens (primary N) is 1. The fourth-order valence-corrected chi connectivity index (χ4v) is 8.32. The Labute approximate surface area is 376 Å². The molecule has 3 amide bonds. The van der Waals surface area contributed by atoms with Crippen molar-refractivity contribution in [1.29, 1.82) is 0 Å². The van der Waals surface area contributed by atoms with E-state index in [1.54, 1.807) is 24.3 Å². The molecule has 0 aliphatic carbocycles. The minimum atomic E-state index is -1.81. The number of benzene rings is 1. The Balaban J connectivity index is 2.06. The molecule has 0 radical (unpaired) electrons. The van der Waals surface area contributed by atoms with Crippen molar-refractivity contribution >= 4 is 18.1 Å². The minimum absolute atomic E-state index is 0.136. The van der Waals surface area contributed by atoms with Crippen LogP contribution in [0.4, 0.5) is 9.59 Å². The molecule has 1 heterocycles. The number of imide groups is 1. The number of aliphatic hydroxyl groups is 3. The van der Waals surface area contributed by atoms with E-state index in [1.807, 2.05) is 6.07 Å². The number of ether oxygens (including phenoxy) is 3. The van der Waals surface area contributed by atoms with Gasteiger partial charge >= 0.3 is 12.2 Å². The number of aliphatic hydroxyl groups excluding tert-OH is 3. The molecule has 358 valence electrons. The zero-order valence-electron chi connectivity index (χ0n) is 39.2. The lowest BCUT2D eigenvalue weighted by Crippen LogP contribution is -2.71. The molecular formula is C50H89N3O9. The number of amides is 3. The maximum atomic E-state index is 14.0. The van der Waals surface area contributed by atoms with E-state index in [4.69, 9.17) is 19.9 Å². The predicted molar refractivity (Wildman–Crippen MR) is 247 cm³/mol. The van der Waals surface area contributed by atoms with Gasteiger partial charge in [-0.15, -0.1) is 0 Å². The fraction of sp³-hybridized carbons (Fsp3) is 0.820. The second-order valence-electron chi connectivity index (χ2n) is 17.8. The first-order chi connectivity index (χ1) is 30.2. The van der Waals surface area contributed by atoms with Crippen molar-refractivity contribution in [2.45, 2.75) is 244 Å². The van der Waals surface area contributed by atoms with Gasteiger partial charge in [-0.05, 0) is 25.3 Å². The van der Waals surface area contributed by atoms with Gasteiger partial charge in [0.1, 0.15) is 31.0 Å². The molecule has 1 aromatic carbocycles. The minimum Gasteiger partial charge on any atom is -0.449 e. The molecule has 62 heavy (non-hydrogen) atoms. The standard InChI is InChI=1S/C50H89N3O9/c1-4-6-8-10-12-14-16-18-19-20-21-23-25-27-29-34-38-60-49(58)52(37-33-28-26-24-22-17-15-13-11-9-7-5-2)48-44(46(56)45(55)43(39-54)62-48)53(47(57)41(3)51)50(59)61-40-42-35-31-30-32-36-42/h30-32,35-36,41,43-46,48,54-56H,4-29,33-34,37-40,51H2,1-3H3/t41-,43+,44+,45+,46+,48+/m0/s1. The number of hydrogen-bond acceptors (Lipinski definition) is 10. The molecule has 1 aliphatic heterocycles. The van der Waals surface area contributed by atoms with Crippen molar-refractivity contribution in [2.24, 2.45) is 5.73 Å². The van der Waals surface area contributed by atoms with Crippen molar-refractivity contribution < 1.29 is 43.9 Å².